The number of aromatic amines is 1. The summed E-state index contributed by atoms with van der Waals surface area (Å²) >= 11 is 19.1. The first-order valence-electron chi connectivity index (χ1n) is 6.22. The molecule has 0 fully saturated rings. The van der Waals surface area contributed by atoms with Crippen LogP contribution in [0.4, 0.5) is 11.4 Å². The highest BCUT2D eigenvalue weighted by Crippen LogP contribution is 2.47. The second-order valence-electron chi connectivity index (χ2n) is 5.71. The van der Waals surface area contributed by atoms with Crippen molar-refractivity contribution in [3.63, 3.8) is 0 Å². The number of rotatable bonds is 1. The van der Waals surface area contributed by atoms with E-state index in [-0.39, 0.29) is 5.41 Å². The summed E-state index contributed by atoms with van der Waals surface area (Å²) < 4.78 is 11.1. The molecule has 1 aromatic carbocycles. The topological polar surface area (TPSA) is 45.4 Å². The van der Waals surface area contributed by atoms with Gasteiger partial charge in [-0.2, -0.15) is 8.73 Å². The normalized spacial score (nSPS) is 13.4. The number of fused-ring (bicyclic) bond motifs is 1. The molecule has 1 N–H and O–H groups in total. The van der Waals surface area contributed by atoms with E-state index < -0.39 is 0 Å². The highest BCUT2D eigenvalue weighted by Gasteiger charge is 2.26. The molecule has 0 amide bonds. The molecule has 0 bridgehead atoms. The third-order valence-electron chi connectivity index (χ3n) is 3.19. The number of nitrogens with one attached hydrogen (secondary N) is 1. The molecule has 0 unspecified atom stereocenters. The van der Waals surface area contributed by atoms with E-state index in [9.17, 15) is 0 Å². The van der Waals surface area contributed by atoms with Crippen molar-refractivity contribution in [3.8, 4) is 5.69 Å². The smallest absolute Gasteiger partial charge is 0.182 e. The third kappa shape index (κ3) is 2.40. The van der Waals surface area contributed by atoms with Crippen LogP contribution in [0.2, 0.25) is 10.0 Å². The fourth-order valence-electron chi connectivity index (χ4n) is 2.22. The average molecular weight is 359 g/mol. The van der Waals surface area contributed by atoms with Gasteiger partial charge in [0.05, 0.1) is 27.1 Å². The highest BCUT2D eigenvalue weighted by atomic mass is 35.5. The molecule has 0 atom stereocenters. The number of benzene rings is 1. The van der Waals surface area contributed by atoms with Crippen LogP contribution < -0.4 is 0 Å². The van der Waals surface area contributed by atoms with Crippen molar-refractivity contribution in [3.05, 3.63) is 32.8 Å². The quantitative estimate of drug-likeness (QED) is 0.543. The highest BCUT2D eigenvalue weighted by molar-refractivity contribution is 7.71. The Bertz CT molecular complexity index is 868. The van der Waals surface area contributed by atoms with Gasteiger partial charge in [0, 0.05) is 17.3 Å². The van der Waals surface area contributed by atoms with E-state index in [0.29, 0.717) is 26.2 Å². The number of halogens is 2. The summed E-state index contributed by atoms with van der Waals surface area (Å²) in [5.74, 6) is 0. The zero-order valence-corrected chi connectivity index (χ0v) is 14.7. The van der Waals surface area contributed by atoms with E-state index in [1.807, 2.05) is 10.8 Å². The largest absolute Gasteiger partial charge is 0.337 e. The van der Waals surface area contributed by atoms with Gasteiger partial charge >= 0.3 is 0 Å². The molecular weight excluding hydrogens is 347 g/mol. The molecular formula is C13H12Cl2N4S2. The molecule has 0 spiro atoms. The molecule has 0 saturated heterocycles. The zero-order chi connectivity index (χ0) is 15.4. The standard InChI is InChI=1S/C13H12Cl2N4S2/c1-13(2,3)8-5-16-12(20)19(8)11-7(15)4-6(14)9-10(11)18-21-17-9/h4-5H,1-3H3,(H,16,20). The molecule has 0 aliphatic carbocycles. The predicted molar refractivity (Wildman–Crippen MR) is 91.2 cm³/mol. The van der Waals surface area contributed by atoms with Gasteiger partial charge < -0.3 is 4.98 Å². The molecule has 4 nitrogen and oxygen atoms in total. The Morgan fingerprint density at radius 1 is 1.19 bits per heavy atom. The van der Waals surface area contributed by atoms with Gasteiger partial charge in [-0.25, -0.2) is 0 Å². The summed E-state index contributed by atoms with van der Waals surface area (Å²) in [4.78, 5) is 3.08. The van der Waals surface area contributed by atoms with E-state index >= 15 is 0 Å². The third-order valence-corrected chi connectivity index (χ3v) is 4.59. The van der Waals surface area contributed by atoms with Crippen molar-refractivity contribution in [2.75, 3.05) is 0 Å². The summed E-state index contributed by atoms with van der Waals surface area (Å²) in [7, 11) is 0. The van der Waals surface area contributed by atoms with Crippen LogP contribution in [0, 0.1) is 4.77 Å². The molecule has 1 aromatic heterocycles. The Morgan fingerprint density at radius 2 is 1.86 bits per heavy atom. The van der Waals surface area contributed by atoms with Gasteiger partial charge in [0.2, 0.25) is 0 Å². The summed E-state index contributed by atoms with van der Waals surface area (Å²) in [5.41, 5.74) is 2.95. The minimum absolute atomic E-state index is 0.105. The Hall–Kier alpha value is -0.950. The number of hydrogen-bond donors (Lipinski definition) is 1. The minimum atomic E-state index is -0.105. The molecule has 0 saturated carbocycles. The number of H-pyrrole nitrogens is 1. The van der Waals surface area contributed by atoms with Gasteiger partial charge in [0.15, 0.2) is 4.77 Å². The lowest BCUT2D eigenvalue weighted by atomic mass is 9.92. The van der Waals surface area contributed by atoms with E-state index in [1.165, 1.54) is 0 Å². The van der Waals surface area contributed by atoms with Gasteiger partial charge in [-0.05, 0) is 18.3 Å². The van der Waals surface area contributed by atoms with Crippen molar-refractivity contribution >= 4 is 58.1 Å². The van der Waals surface area contributed by atoms with E-state index in [2.05, 4.69) is 34.5 Å². The SMILES string of the molecule is CC(C)(C)c1c[nH]c(=S)n1-c1c(Cl)cc(Cl)c2c1N=S=N2. The molecule has 110 valence electrons. The summed E-state index contributed by atoms with van der Waals surface area (Å²) in [6.07, 6.45) is 1.90. The Kier molecular flexibility index (Phi) is 3.60. The van der Waals surface area contributed by atoms with Crippen molar-refractivity contribution in [2.24, 2.45) is 8.73 Å². The van der Waals surface area contributed by atoms with Crippen molar-refractivity contribution in [1.82, 2.24) is 9.55 Å². The van der Waals surface area contributed by atoms with Gasteiger partial charge in [-0.1, -0.05) is 44.0 Å². The monoisotopic (exact) mass is 358 g/mol. The van der Waals surface area contributed by atoms with Crippen LogP contribution in [0.5, 0.6) is 0 Å². The van der Waals surface area contributed by atoms with Crippen LogP contribution >= 0.6 is 35.4 Å². The van der Waals surface area contributed by atoms with Crippen LogP contribution in [-0.4, -0.2) is 9.55 Å². The molecule has 1 aliphatic heterocycles. The first-order valence-corrected chi connectivity index (χ1v) is 8.11. The lowest BCUT2D eigenvalue weighted by Crippen LogP contribution is -2.17. The van der Waals surface area contributed by atoms with E-state index in [0.717, 1.165) is 22.7 Å². The molecule has 0 radical (unpaired) electrons. The minimum Gasteiger partial charge on any atom is -0.337 e. The number of imidazole rings is 1. The van der Waals surface area contributed by atoms with Gasteiger partial charge in [-0.3, -0.25) is 4.57 Å². The average Bonchev–Trinajstić information content (AvgIpc) is 2.96. The maximum absolute atomic E-state index is 6.42. The lowest BCUT2D eigenvalue weighted by Gasteiger charge is -2.22. The molecule has 2 aromatic rings. The second kappa shape index (κ2) is 5.05. The van der Waals surface area contributed by atoms with Gasteiger partial charge in [0.1, 0.15) is 11.4 Å². The van der Waals surface area contributed by atoms with Gasteiger partial charge in [-0.15, -0.1) is 0 Å². The van der Waals surface area contributed by atoms with Crippen molar-refractivity contribution in [2.45, 2.75) is 26.2 Å². The Balaban J connectivity index is 2.39. The first kappa shape index (κ1) is 15.0. The molecule has 21 heavy (non-hydrogen) atoms. The van der Waals surface area contributed by atoms with Crippen molar-refractivity contribution in [1.29, 1.82) is 0 Å². The Morgan fingerprint density at radius 3 is 2.52 bits per heavy atom. The fourth-order valence-corrected chi connectivity index (χ4v) is 3.66. The van der Waals surface area contributed by atoms with Crippen LogP contribution in [0.1, 0.15) is 26.5 Å². The summed E-state index contributed by atoms with van der Waals surface area (Å²) in [6, 6.07) is 1.68. The maximum atomic E-state index is 6.42. The Labute approximate surface area is 141 Å². The molecule has 3 rings (SSSR count). The van der Waals surface area contributed by atoms with E-state index in [1.54, 1.807) is 6.07 Å². The first-order chi connectivity index (χ1) is 9.80. The lowest BCUT2D eigenvalue weighted by molar-refractivity contribution is 0.556. The predicted octanol–water partition coefficient (Wildman–Crippen LogP) is 5.87. The van der Waals surface area contributed by atoms with Crippen LogP contribution in [0.15, 0.2) is 21.0 Å². The number of hydrogen-bond acceptors (Lipinski definition) is 3. The summed E-state index contributed by atoms with van der Waals surface area (Å²) in [5, 5.41) is 0.994. The van der Waals surface area contributed by atoms with Crippen LogP contribution in [0.3, 0.4) is 0 Å². The summed E-state index contributed by atoms with van der Waals surface area (Å²) in [6.45, 7) is 6.34. The van der Waals surface area contributed by atoms with Crippen LogP contribution in [0.25, 0.3) is 5.69 Å². The zero-order valence-electron chi connectivity index (χ0n) is 11.6. The van der Waals surface area contributed by atoms with Gasteiger partial charge in [0.25, 0.3) is 0 Å². The number of aromatic nitrogens is 2. The maximum Gasteiger partial charge on any atom is 0.182 e. The molecule has 1 aliphatic rings. The van der Waals surface area contributed by atoms with Crippen LogP contribution in [-0.2, 0) is 16.8 Å². The second-order valence-corrected chi connectivity index (χ2v) is 7.44. The molecule has 8 heteroatoms. The molecule has 2 heterocycles. The number of nitrogens with zero attached hydrogens (tertiary/aromatic N) is 3. The van der Waals surface area contributed by atoms with E-state index in [4.69, 9.17) is 35.4 Å². The fraction of sp³-hybridized carbons (Fsp3) is 0.308. The van der Waals surface area contributed by atoms with Crippen molar-refractivity contribution < 1.29 is 0 Å².